The summed E-state index contributed by atoms with van der Waals surface area (Å²) in [5, 5.41) is 20.4. The van der Waals surface area contributed by atoms with Gasteiger partial charge in [0.25, 0.3) is 0 Å². The number of nitrogens with one attached hydrogen (secondary N) is 3. The summed E-state index contributed by atoms with van der Waals surface area (Å²) >= 11 is 8.00. The van der Waals surface area contributed by atoms with Gasteiger partial charge >= 0.3 is 12.1 Å². The molecule has 1 aliphatic heterocycles. The molecule has 3 amide bonds. The lowest BCUT2D eigenvalue weighted by Gasteiger charge is -2.35. The summed E-state index contributed by atoms with van der Waals surface area (Å²) in [6, 6.07) is 5.12. The van der Waals surface area contributed by atoms with Crippen LogP contribution in [0.3, 0.4) is 0 Å². The van der Waals surface area contributed by atoms with Crippen LogP contribution in [0.5, 0.6) is 11.5 Å². The Morgan fingerprint density at radius 2 is 1.80 bits per heavy atom. The van der Waals surface area contributed by atoms with Gasteiger partial charge in [0.05, 0.1) is 24.9 Å². The van der Waals surface area contributed by atoms with Crippen LogP contribution in [0.15, 0.2) is 24.3 Å². The molecule has 4 aliphatic rings. The molecule has 8 atom stereocenters. The summed E-state index contributed by atoms with van der Waals surface area (Å²) in [6.07, 6.45) is 2.19. The fraction of sp³-hybridized carbons (Fsp3) is 0.600. The topological polar surface area (TPSA) is 181 Å². The quantitative estimate of drug-likeness (QED) is 0.148. The largest absolute Gasteiger partial charge is 0.497 e. The number of nitrogens with zero attached hydrogens (tertiary/aromatic N) is 3. The maximum Gasteiger partial charge on any atom is 0.408 e. The van der Waals surface area contributed by atoms with Crippen molar-refractivity contribution in [3.05, 3.63) is 28.6 Å². The van der Waals surface area contributed by atoms with Crippen molar-refractivity contribution in [3.63, 3.8) is 0 Å². The lowest BCUT2D eigenvalue weighted by Crippen LogP contribution is -2.59. The molecule has 3 aromatic rings. The number of thiazole rings is 1. The maximum atomic E-state index is 14.7. The Morgan fingerprint density at radius 1 is 1.07 bits per heavy atom. The Balaban J connectivity index is 1.20. The number of methoxy groups -OCH3 is 1. The zero-order valence-corrected chi connectivity index (χ0v) is 34.4. The molecule has 7 rings (SSSR count). The van der Waals surface area contributed by atoms with E-state index in [-0.39, 0.29) is 31.0 Å². The number of carboxylic acids is 1. The minimum Gasteiger partial charge on any atom is -0.497 e. The highest BCUT2D eigenvalue weighted by Crippen LogP contribution is 2.52. The van der Waals surface area contributed by atoms with Gasteiger partial charge in [-0.15, -0.1) is 0 Å². The highest BCUT2D eigenvalue weighted by Gasteiger charge is 2.61. The van der Waals surface area contributed by atoms with Crippen molar-refractivity contribution in [2.75, 3.05) is 19.0 Å². The highest BCUT2D eigenvalue weighted by atomic mass is 35.5. The number of aliphatic carboxylic acids is 1. The van der Waals surface area contributed by atoms with Crippen molar-refractivity contribution < 1.29 is 38.5 Å². The number of likely N-dealkylation sites (tertiary alicyclic amines) is 1. The first kappa shape index (κ1) is 39.8. The van der Waals surface area contributed by atoms with Crippen LogP contribution in [0.1, 0.15) is 80.1 Å². The second-order valence-corrected chi connectivity index (χ2v) is 18.7. The minimum atomic E-state index is -1.40. The van der Waals surface area contributed by atoms with Crippen LogP contribution in [-0.4, -0.2) is 93.4 Å². The average Bonchev–Trinajstić information content (AvgIpc) is 3.86. The van der Waals surface area contributed by atoms with Crippen LogP contribution >= 0.6 is 22.9 Å². The van der Waals surface area contributed by atoms with E-state index in [0.29, 0.717) is 67.9 Å². The number of benzene rings is 1. The number of fused-ring (bicyclic) bond motifs is 2. The Kier molecular flexibility index (Phi) is 10.8. The SMILES string of the molecule is CCC1C[C@]1(NC(=O)[C@@H]1C[C@@H](Oc2cc(-c3nc(NC(C)C)sc3Cl)nc3cc(OC)ccc23)CN1C(=O)[C@@H](NC(=O)O[C@@H]1C[C@@H]2C[C@@H]2C1)C(C)(C)C)C(=O)O. The second kappa shape index (κ2) is 15.2. The molecule has 3 saturated carbocycles. The summed E-state index contributed by atoms with van der Waals surface area (Å²) in [6.45, 7) is 11.4. The first-order chi connectivity index (χ1) is 26.5. The summed E-state index contributed by atoms with van der Waals surface area (Å²) in [5.41, 5.74) is -0.706. The van der Waals surface area contributed by atoms with Crippen molar-refractivity contribution in [2.24, 2.45) is 23.2 Å². The fourth-order valence-electron chi connectivity index (χ4n) is 8.31. The Morgan fingerprint density at radius 3 is 2.43 bits per heavy atom. The van der Waals surface area contributed by atoms with E-state index in [4.69, 9.17) is 35.8 Å². The van der Waals surface area contributed by atoms with Crippen LogP contribution in [-0.2, 0) is 19.1 Å². The third-order valence-corrected chi connectivity index (χ3v) is 12.7. The summed E-state index contributed by atoms with van der Waals surface area (Å²) in [7, 11) is 1.56. The molecule has 2 aromatic heterocycles. The van der Waals surface area contributed by atoms with Gasteiger partial charge in [0.1, 0.15) is 51.4 Å². The van der Waals surface area contributed by atoms with Crippen molar-refractivity contribution >= 4 is 62.8 Å². The zero-order valence-electron chi connectivity index (χ0n) is 32.8. The van der Waals surface area contributed by atoms with Crippen LogP contribution in [0.2, 0.25) is 4.34 Å². The predicted octanol–water partition coefficient (Wildman–Crippen LogP) is 6.50. The number of rotatable bonds is 13. The standard InChI is InChI=1S/C40H51ClN6O8S/c1-8-22-17-40(22,36(50)51)46-34(48)29-15-25(18-47(29)35(49)32(39(4,5)6)45-38(52)55-24-12-20-11-21(20)13-24)54-30-16-28(31-33(41)56-37(44-31)42-19(2)3)43-27-14-23(53-7)9-10-26(27)30/h9-10,14,16,19-22,24-25,29,32H,8,11-13,15,17-18H2,1-7H3,(H,42,44)(H,45,52)(H,46,48)(H,50,51)/t20-,21+,22?,24+,25-,29+,32-,40-/m1/s1. The molecule has 0 spiro atoms. The monoisotopic (exact) mass is 810 g/mol. The van der Waals surface area contributed by atoms with Crippen molar-refractivity contribution in [1.82, 2.24) is 25.5 Å². The molecule has 4 N–H and O–H groups in total. The van der Waals surface area contributed by atoms with Gasteiger partial charge in [-0.25, -0.2) is 19.6 Å². The predicted molar refractivity (Wildman–Crippen MR) is 212 cm³/mol. The van der Waals surface area contributed by atoms with Crippen molar-refractivity contribution in [2.45, 2.75) is 116 Å². The summed E-state index contributed by atoms with van der Waals surface area (Å²) in [5.74, 6) is -0.205. The lowest BCUT2D eigenvalue weighted by molar-refractivity contribution is -0.146. The van der Waals surface area contributed by atoms with Crippen molar-refractivity contribution in [1.29, 1.82) is 0 Å². The van der Waals surface area contributed by atoms with E-state index < -0.39 is 53.0 Å². The maximum absolute atomic E-state index is 14.7. The molecular weight excluding hydrogens is 760 g/mol. The number of carbonyl (C=O) groups excluding carboxylic acids is 3. The van der Waals surface area contributed by atoms with Gasteiger partial charge in [0.15, 0.2) is 5.13 Å². The number of amides is 3. The normalized spacial score (nSPS) is 27.1. The van der Waals surface area contributed by atoms with Gasteiger partial charge in [-0.3, -0.25) is 9.59 Å². The molecule has 1 unspecified atom stereocenters. The van der Waals surface area contributed by atoms with E-state index in [9.17, 15) is 24.3 Å². The summed E-state index contributed by atoms with van der Waals surface area (Å²) in [4.78, 5) is 65.5. The molecule has 4 fully saturated rings. The molecule has 1 aromatic carbocycles. The number of hydrogen-bond acceptors (Lipinski definition) is 11. The van der Waals surface area contributed by atoms with Gasteiger partial charge in [0.2, 0.25) is 11.8 Å². The molecule has 3 heterocycles. The first-order valence-electron chi connectivity index (χ1n) is 19.4. The minimum absolute atomic E-state index is 0.0152. The number of carbonyl (C=O) groups is 4. The number of halogens is 1. The van der Waals surface area contributed by atoms with E-state index in [1.165, 1.54) is 22.7 Å². The van der Waals surface area contributed by atoms with Crippen LogP contribution in [0, 0.1) is 23.2 Å². The van der Waals surface area contributed by atoms with Crippen molar-refractivity contribution in [3.8, 4) is 22.9 Å². The zero-order chi connectivity index (χ0) is 40.3. The van der Waals surface area contributed by atoms with E-state index in [1.54, 1.807) is 25.3 Å². The van der Waals surface area contributed by atoms with Crippen LogP contribution in [0.4, 0.5) is 9.93 Å². The number of alkyl carbamates (subject to hydrolysis) is 1. The molecule has 0 bridgehead atoms. The van der Waals surface area contributed by atoms with Gasteiger partial charge in [-0.05, 0) is 74.8 Å². The second-order valence-electron chi connectivity index (χ2n) is 17.1. The highest BCUT2D eigenvalue weighted by molar-refractivity contribution is 7.20. The third kappa shape index (κ3) is 8.07. The fourth-order valence-corrected chi connectivity index (χ4v) is 9.52. The number of hydrogen-bond donors (Lipinski definition) is 4. The van der Waals surface area contributed by atoms with Crippen LogP contribution < -0.4 is 25.4 Å². The van der Waals surface area contributed by atoms with E-state index >= 15 is 0 Å². The average molecular weight is 811 g/mol. The van der Waals surface area contributed by atoms with E-state index in [1.807, 2.05) is 47.6 Å². The molecular formula is C40H51ClN6O8S. The van der Waals surface area contributed by atoms with Gasteiger partial charge in [0, 0.05) is 30.0 Å². The Hall–Kier alpha value is -4.37. The molecule has 302 valence electrons. The Bertz CT molecular complexity index is 2030. The number of ether oxygens (including phenoxy) is 3. The molecule has 16 heteroatoms. The van der Waals surface area contributed by atoms with E-state index in [2.05, 4.69) is 16.0 Å². The third-order valence-electron chi connectivity index (χ3n) is 11.5. The number of carboxylic acid groups (broad SMARTS) is 1. The smallest absolute Gasteiger partial charge is 0.408 e. The van der Waals surface area contributed by atoms with E-state index in [0.717, 1.165) is 12.8 Å². The first-order valence-corrected chi connectivity index (χ1v) is 20.6. The van der Waals surface area contributed by atoms with Crippen LogP contribution in [0.25, 0.3) is 22.3 Å². The summed E-state index contributed by atoms with van der Waals surface area (Å²) < 4.78 is 18.4. The molecule has 56 heavy (non-hydrogen) atoms. The number of pyridine rings is 1. The molecule has 1 saturated heterocycles. The Labute approximate surface area is 335 Å². The van der Waals surface area contributed by atoms with Gasteiger partial charge in [-0.1, -0.05) is 57.1 Å². The number of anilines is 1. The molecule has 3 aliphatic carbocycles. The number of aromatic nitrogens is 2. The van der Waals surface area contributed by atoms with Gasteiger partial charge < -0.3 is 40.2 Å². The molecule has 0 radical (unpaired) electrons. The lowest BCUT2D eigenvalue weighted by atomic mass is 9.85. The van der Waals surface area contributed by atoms with Gasteiger partial charge in [-0.2, -0.15) is 0 Å². The molecule has 14 nitrogen and oxygen atoms in total.